The van der Waals surface area contributed by atoms with E-state index in [1.54, 1.807) is 0 Å². The maximum absolute atomic E-state index is 9.17. The molecule has 0 aromatic heterocycles. The van der Waals surface area contributed by atoms with Crippen LogP contribution >= 0.6 is 0 Å². The summed E-state index contributed by atoms with van der Waals surface area (Å²) in [6.45, 7) is 0. The standard InChI is InChI=1S/4C3H2O3.Zr/c4*4-2-1-3(5)6;/h4*1H,(H,5,6);/q;;;;+4/p-4. The molecule has 0 heterocycles. The Bertz CT molecular complexity index is 512. The SMILES string of the molecule is O=C=CC(=O)[O-].O=C=CC(=O)[O-].O=C=CC(=O)[O-].O=C=CC(=O)[O-].[Zr+4]. The van der Waals surface area contributed by atoms with Gasteiger partial charge in [0.05, 0.1) is 23.9 Å². The van der Waals surface area contributed by atoms with E-state index in [4.69, 9.17) is 19.2 Å². The van der Waals surface area contributed by atoms with Gasteiger partial charge in [0, 0.05) is 24.3 Å². The van der Waals surface area contributed by atoms with Crippen LogP contribution in [0.1, 0.15) is 0 Å². The van der Waals surface area contributed by atoms with E-state index in [0.29, 0.717) is 24.3 Å². The molecule has 0 N–H and O–H groups in total. The topological polar surface area (TPSA) is 229 Å². The van der Waals surface area contributed by atoms with E-state index in [2.05, 4.69) is 0 Å². The van der Waals surface area contributed by atoms with E-state index in [0.717, 1.165) is 23.8 Å². The Morgan fingerprint density at radius 2 is 0.600 bits per heavy atom. The summed E-state index contributed by atoms with van der Waals surface area (Å²) in [5, 5.41) is 36.7. The van der Waals surface area contributed by atoms with Crippen molar-refractivity contribution in [1.82, 2.24) is 0 Å². The van der Waals surface area contributed by atoms with Crippen LogP contribution in [0.15, 0.2) is 24.3 Å². The molecule has 0 fully saturated rings. The van der Waals surface area contributed by atoms with Crippen LogP contribution in [0.5, 0.6) is 0 Å². The molecule has 0 saturated heterocycles. The summed E-state index contributed by atoms with van der Waals surface area (Å²) in [5.74, 6) is -1.92. The predicted molar refractivity (Wildman–Crippen MR) is 61.1 cm³/mol. The van der Waals surface area contributed by atoms with Gasteiger partial charge in [-0.05, 0) is 0 Å². The second-order valence-electron chi connectivity index (χ2n) is 2.32. The molecule has 0 radical (unpaired) electrons. The van der Waals surface area contributed by atoms with Gasteiger partial charge in [0.1, 0.15) is 23.8 Å². The van der Waals surface area contributed by atoms with Gasteiger partial charge >= 0.3 is 26.2 Å². The van der Waals surface area contributed by atoms with Crippen molar-refractivity contribution in [2.75, 3.05) is 0 Å². The maximum Gasteiger partial charge on any atom is 4.00 e. The second-order valence-corrected chi connectivity index (χ2v) is 2.32. The number of carbonyl (C=O) groups excluding carboxylic acids is 8. The molecule has 0 amide bonds. The van der Waals surface area contributed by atoms with Gasteiger partial charge < -0.3 is 39.6 Å². The summed E-state index contributed by atoms with van der Waals surface area (Å²) >= 11 is 0. The van der Waals surface area contributed by atoms with Crippen LogP contribution in [-0.2, 0) is 64.6 Å². The summed E-state index contributed by atoms with van der Waals surface area (Å²) in [5.41, 5.74) is 0. The largest absolute Gasteiger partial charge is 4.00 e. The molecule has 0 rings (SSSR count). The Balaban J connectivity index is -0.0000000702. The minimum Gasteiger partial charge on any atom is -0.545 e. The van der Waals surface area contributed by atoms with Crippen LogP contribution in [0.2, 0.25) is 0 Å². The summed E-state index contributed by atoms with van der Waals surface area (Å²) in [6, 6.07) is 0. The van der Waals surface area contributed by atoms with Crippen molar-refractivity contribution in [3.05, 3.63) is 24.3 Å². The number of aliphatic carboxylic acids is 4. The zero-order valence-corrected chi connectivity index (χ0v) is 14.2. The third-order valence-electron chi connectivity index (χ3n) is 0.707. The molecule has 0 spiro atoms. The van der Waals surface area contributed by atoms with E-state index in [9.17, 15) is 39.6 Å². The summed E-state index contributed by atoms with van der Waals surface area (Å²) in [6.07, 6.45) is 1.17. The van der Waals surface area contributed by atoms with Crippen LogP contribution in [0, 0.1) is 0 Å². The van der Waals surface area contributed by atoms with Crippen molar-refractivity contribution in [2.24, 2.45) is 0 Å². The Labute approximate surface area is 157 Å². The van der Waals surface area contributed by atoms with Crippen molar-refractivity contribution < 1.29 is 85.0 Å². The summed E-state index contributed by atoms with van der Waals surface area (Å²) in [7, 11) is 0. The first kappa shape index (κ1) is 33.2. The van der Waals surface area contributed by atoms with Crippen LogP contribution in [0.25, 0.3) is 0 Å². The van der Waals surface area contributed by atoms with E-state index in [1.165, 1.54) is 0 Å². The zero-order chi connectivity index (χ0) is 20.0. The number of carboxylic acid groups (broad SMARTS) is 4. The molecule has 0 aromatic rings. The number of hydrogen-bond donors (Lipinski definition) is 0. The number of rotatable bonds is 4. The third-order valence-corrected chi connectivity index (χ3v) is 0.707. The average Bonchev–Trinajstić information content (AvgIpc) is 2.39. The van der Waals surface area contributed by atoms with E-state index < -0.39 is 23.9 Å². The minimum atomic E-state index is -1.51. The number of hydrogen-bond acceptors (Lipinski definition) is 12. The fourth-order valence-electron chi connectivity index (χ4n) is 0.192. The molecule has 12 nitrogen and oxygen atoms in total. The van der Waals surface area contributed by atoms with Crippen LogP contribution < -0.4 is 20.4 Å². The molecule has 128 valence electrons. The second kappa shape index (κ2) is 28.7. The minimum absolute atomic E-state index is 0. The van der Waals surface area contributed by atoms with Crippen LogP contribution in [0.4, 0.5) is 0 Å². The fourth-order valence-corrected chi connectivity index (χ4v) is 0.192. The van der Waals surface area contributed by atoms with Gasteiger partial charge in [0.15, 0.2) is 0 Å². The summed E-state index contributed by atoms with van der Waals surface area (Å²) in [4.78, 5) is 72.7. The number of carbonyl (C=O) groups is 4. The van der Waals surface area contributed by atoms with Gasteiger partial charge in [0.2, 0.25) is 0 Å². The molecular formula is C12H4O12Zr. The quantitative estimate of drug-likeness (QED) is 0.298. The average molecular weight is 431 g/mol. The van der Waals surface area contributed by atoms with Crippen molar-refractivity contribution in [2.45, 2.75) is 0 Å². The molecule has 0 aliphatic carbocycles. The van der Waals surface area contributed by atoms with E-state index >= 15 is 0 Å². The fraction of sp³-hybridized carbons (Fsp3) is 0. The van der Waals surface area contributed by atoms with Crippen LogP contribution in [0.3, 0.4) is 0 Å². The molecule has 0 atom stereocenters. The number of carboxylic acids is 4. The predicted octanol–water partition coefficient (Wildman–Crippen LogP) is -7.51. The Morgan fingerprint density at radius 3 is 0.600 bits per heavy atom. The zero-order valence-electron chi connectivity index (χ0n) is 11.7. The van der Waals surface area contributed by atoms with Gasteiger partial charge in [-0.25, -0.2) is 19.2 Å². The maximum atomic E-state index is 9.17. The van der Waals surface area contributed by atoms with Crippen molar-refractivity contribution >= 4 is 47.6 Å². The third kappa shape index (κ3) is 96.6. The Morgan fingerprint density at radius 1 is 0.480 bits per heavy atom. The van der Waals surface area contributed by atoms with Gasteiger partial charge in [-0.15, -0.1) is 0 Å². The first-order chi connectivity index (χ1) is 11.1. The molecule has 0 unspecified atom stereocenters. The first-order valence-electron chi connectivity index (χ1n) is 4.76. The van der Waals surface area contributed by atoms with Crippen molar-refractivity contribution in [1.29, 1.82) is 0 Å². The Hall–Kier alpha value is -3.44. The molecule has 0 saturated carbocycles. The molecule has 0 bridgehead atoms. The summed E-state index contributed by atoms with van der Waals surface area (Å²) < 4.78 is 0. The van der Waals surface area contributed by atoms with Gasteiger partial charge in [0.25, 0.3) is 0 Å². The Kier molecular flexibility index (Phi) is 38.1. The van der Waals surface area contributed by atoms with Crippen molar-refractivity contribution in [3.63, 3.8) is 0 Å². The van der Waals surface area contributed by atoms with Crippen LogP contribution in [-0.4, -0.2) is 47.6 Å². The molecule has 0 aliphatic rings. The van der Waals surface area contributed by atoms with E-state index in [-0.39, 0.29) is 26.2 Å². The normalized spacial score (nSPS) is 5.76. The smallest absolute Gasteiger partial charge is 0.545 e. The molecule has 0 aliphatic heterocycles. The monoisotopic (exact) mass is 430 g/mol. The molecular weight excluding hydrogens is 427 g/mol. The van der Waals surface area contributed by atoms with Gasteiger partial charge in [-0.3, -0.25) is 0 Å². The first-order valence-corrected chi connectivity index (χ1v) is 4.76. The van der Waals surface area contributed by atoms with E-state index in [1.807, 2.05) is 0 Å². The molecule has 13 heteroatoms. The van der Waals surface area contributed by atoms with Gasteiger partial charge in [-0.1, -0.05) is 0 Å². The van der Waals surface area contributed by atoms with Crippen molar-refractivity contribution in [3.8, 4) is 0 Å². The molecule has 25 heavy (non-hydrogen) atoms. The van der Waals surface area contributed by atoms with Gasteiger partial charge in [-0.2, -0.15) is 0 Å². The molecule has 0 aromatic carbocycles.